The van der Waals surface area contributed by atoms with Crippen molar-refractivity contribution in [3.05, 3.63) is 0 Å². The van der Waals surface area contributed by atoms with Crippen molar-refractivity contribution in [2.45, 2.75) is 44.8 Å². The molecule has 0 radical (unpaired) electrons. The summed E-state index contributed by atoms with van der Waals surface area (Å²) in [7, 11) is 0. The van der Waals surface area contributed by atoms with Crippen molar-refractivity contribution in [2.75, 3.05) is 46.2 Å². The summed E-state index contributed by atoms with van der Waals surface area (Å²) < 4.78 is 22.3. The van der Waals surface area contributed by atoms with Gasteiger partial charge in [0.1, 0.15) is 0 Å². The number of hydrogen-bond donors (Lipinski definition) is 1. The van der Waals surface area contributed by atoms with Crippen molar-refractivity contribution in [3.63, 3.8) is 0 Å². The molecule has 5 heteroatoms. The minimum atomic E-state index is -0.447. The molecule has 0 aromatic carbocycles. The minimum Gasteiger partial charge on any atom is -0.394 e. The van der Waals surface area contributed by atoms with Gasteiger partial charge in [-0.05, 0) is 19.8 Å². The van der Waals surface area contributed by atoms with Crippen LogP contribution >= 0.6 is 0 Å². The van der Waals surface area contributed by atoms with Crippen LogP contribution in [0.4, 0.5) is 0 Å². The molecule has 0 saturated heterocycles. The maximum Gasteiger partial charge on any atom is 0.168 e. The molecule has 0 spiro atoms. The van der Waals surface area contributed by atoms with Gasteiger partial charge >= 0.3 is 0 Å². The fourth-order valence-electron chi connectivity index (χ4n) is 2.30. The van der Waals surface area contributed by atoms with Crippen LogP contribution in [0.3, 0.4) is 0 Å². The van der Waals surface area contributed by atoms with Gasteiger partial charge < -0.3 is 24.1 Å². The van der Waals surface area contributed by atoms with Crippen LogP contribution in [0.15, 0.2) is 0 Å². The quantitative estimate of drug-likeness (QED) is 0.460. The molecule has 0 aromatic rings. The molecule has 1 saturated carbocycles. The van der Waals surface area contributed by atoms with Crippen LogP contribution < -0.4 is 0 Å². The molecule has 5 nitrogen and oxygen atoms in total. The van der Waals surface area contributed by atoms with E-state index in [1.807, 2.05) is 6.92 Å². The monoisotopic (exact) mass is 276 g/mol. The van der Waals surface area contributed by atoms with Crippen LogP contribution in [0.1, 0.15) is 39.0 Å². The molecule has 0 aliphatic heterocycles. The molecule has 0 unspecified atom stereocenters. The molecule has 0 atom stereocenters. The maximum atomic E-state index is 8.63. The highest BCUT2D eigenvalue weighted by Gasteiger charge is 2.33. The Bertz CT molecular complexity index is 204. The third-order valence-electron chi connectivity index (χ3n) is 3.24. The topological polar surface area (TPSA) is 57.2 Å². The zero-order valence-corrected chi connectivity index (χ0v) is 12.1. The molecule has 114 valence electrons. The third-order valence-corrected chi connectivity index (χ3v) is 3.24. The Morgan fingerprint density at radius 3 is 2.05 bits per heavy atom. The Labute approximate surface area is 116 Å². The smallest absolute Gasteiger partial charge is 0.168 e. The van der Waals surface area contributed by atoms with E-state index in [1.165, 1.54) is 6.42 Å². The van der Waals surface area contributed by atoms with E-state index in [0.29, 0.717) is 39.6 Å². The fraction of sp³-hybridized carbons (Fsp3) is 1.00. The fourth-order valence-corrected chi connectivity index (χ4v) is 2.30. The van der Waals surface area contributed by atoms with Gasteiger partial charge in [0.05, 0.1) is 39.6 Å². The third kappa shape index (κ3) is 7.22. The zero-order chi connectivity index (χ0) is 13.8. The van der Waals surface area contributed by atoms with Gasteiger partial charge in [-0.2, -0.15) is 0 Å². The lowest BCUT2D eigenvalue weighted by Crippen LogP contribution is -2.40. The number of aliphatic hydroxyl groups excluding tert-OH is 1. The lowest BCUT2D eigenvalue weighted by Gasteiger charge is -2.37. The van der Waals surface area contributed by atoms with Crippen LogP contribution in [-0.4, -0.2) is 57.1 Å². The molecule has 1 aliphatic rings. The average molecular weight is 276 g/mol. The maximum absolute atomic E-state index is 8.63. The first-order valence-electron chi connectivity index (χ1n) is 7.37. The number of aliphatic hydroxyl groups is 1. The van der Waals surface area contributed by atoms with Crippen molar-refractivity contribution in [3.8, 4) is 0 Å². The van der Waals surface area contributed by atoms with E-state index in [0.717, 1.165) is 25.7 Å². The zero-order valence-electron chi connectivity index (χ0n) is 12.1. The lowest BCUT2D eigenvalue weighted by atomic mass is 9.94. The molecule has 1 N–H and O–H groups in total. The van der Waals surface area contributed by atoms with E-state index in [9.17, 15) is 0 Å². The summed E-state index contributed by atoms with van der Waals surface area (Å²) in [5.41, 5.74) is 0. The Hall–Kier alpha value is -0.200. The van der Waals surface area contributed by atoms with Crippen LogP contribution in [0.2, 0.25) is 0 Å². The molecule has 1 aliphatic carbocycles. The van der Waals surface area contributed by atoms with Crippen LogP contribution in [0.25, 0.3) is 0 Å². The largest absolute Gasteiger partial charge is 0.394 e. The number of hydrogen-bond acceptors (Lipinski definition) is 5. The van der Waals surface area contributed by atoms with Gasteiger partial charge in [0, 0.05) is 19.4 Å². The van der Waals surface area contributed by atoms with E-state index in [4.69, 9.17) is 24.1 Å². The van der Waals surface area contributed by atoms with E-state index >= 15 is 0 Å². The number of rotatable bonds is 11. The second kappa shape index (κ2) is 10.6. The van der Waals surface area contributed by atoms with Gasteiger partial charge in [-0.15, -0.1) is 0 Å². The molecule has 0 aromatic heterocycles. The highest BCUT2D eigenvalue weighted by Crippen LogP contribution is 2.32. The van der Waals surface area contributed by atoms with Gasteiger partial charge in [-0.25, -0.2) is 0 Å². The van der Waals surface area contributed by atoms with Crippen molar-refractivity contribution in [1.29, 1.82) is 0 Å². The first-order valence-corrected chi connectivity index (χ1v) is 7.37. The second-order valence-electron chi connectivity index (χ2n) is 4.70. The molecule has 1 rings (SSSR count). The summed E-state index contributed by atoms with van der Waals surface area (Å²) in [6.45, 7) is 5.30. The Morgan fingerprint density at radius 1 is 0.842 bits per heavy atom. The van der Waals surface area contributed by atoms with Crippen molar-refractivity contribution in [1.82, 2.24) is 0 Å². The Balaban J connectivity index is 2.24. The molecular weight excluding hydrogens is 248 g/mol. The summed E-state index contributed by atoms with van der Waals surface area (Å²) in [4.78, 5) is 0. The summed E-state index contributed by atoms with van der Waals surface area (Å²) in [6.07, 6.45) is 5.43. The van der Waals surface area contributed by atoms with E-state index < -0.39 is 5.79 Å². The number of ether oxygens (including phenoxy) is 4. The molecule has 0 heterocycles. The first kappa shape index (κ1) is 16.9. The van der Waals surface area contributed by atoms with Crippen molar-refractivity contribution in [2.24, 2.45) is 0 Å². The summed E-state index contributed by atoms with van der Waals surface area (Å²) in [6, 6.07) is 0. The minimum absolute atomic E-state index is 0.0516. The standard InChI is InChI=1S/C14H28O5/c1-2-16-10-12-18-14(6-4-3-5-7-14)19-13-11-17-9-8-15/h15H,2-13H2,1H3. The highest BCUT2D eigenvalue weighted by atomic mass is 16.7. The summed E-state index contributed by atoms with van der Waals surface area (Å²) >= 11 is 0. The van der Waals surface area contributed by atoms with Crippen LogP contribution in [0, 0.1) is 0 Å². The molecule has 0 amide bonds. The van der Waals surface area contributed by atoms with E-state index in [2.05, 4.69) is 0 Å². The van der Waals surface area contributed by atoms with Crippen molar-refractivity contribution < 1.29 is 24.1 Å². The second-order valence-corrected chi connectivity index (χ2v) is 4.70. The molecule has 0 bridgehead atoms. The Morgan fingerprint density at radius 2 is 1.47 bits per heavy atom. The van der Waals surface area contributed by atoms with Gasteiger partial charge in [0.2, 0.25) is 0 Å². The first-order chi connectivity index (χ1) is 9.33. The Kier molecular flexibility index (Phi) is 9.38. The SMILES string of the molecule is CCOCCOC1(OCCOCCO)CCCCC1. The van der Waals surface area contributed by atoms with Gasteiger partial charge in [0.15, 0.2) is 5.79 Å². The van der Waals surface area contributed by atoms with Gasteiger partial charge in [-0.1, -0.05) is 6.42 Å². The normalized spacial score (nSPS) is 18.6. The average Bonchev–Trinajstić information content (AvgIpc) is 2.45. The molecule has 1 fully saturated rings. The van der Waals surface area contributed by atoms with Crippen LogP contribution in [0.5, 0.6) is 0 Å². The molecule has 19 heavy (non-hydrogen) atoms. The summed E-state index contributed by atoms with van der Waals surface area (Å²) in [5.74, 6) is -0.447. The predicted molar refractivity (Wildman–Crippen MR) is 72.1 cm³/mol. The molecular formula is C14H28O5. The van der Waals surface area contributed by atoms with Gasteiger partial charge in [0.25, 0.3) is 0 Å². The van der Waals surface area contributed by atoms with Gasteiger partial charge in [-0.3, -0.25) is 0 Å². The highest BCUT2D eigenvalue weighted by molar-refractivity contribution is 4.75. The predicted octanol–water partition coefficient (Wildman–Crippen LogP) is 1.73. The van der Waals surface area contributed by atoms with E-state index in [-0.39, 0.29) is 6.61 Å². The van der Waals surface area contributed by atoms with Crippen LogP contribution in [-0.2, 0) is 18.9 Å². The lowest BCUT2D eigenvalue weighted by molar-refractivity contribution is -0.260. The van der Waals surface area contributed by atoms with Crippen molar-refractivity contribution >= 4 is 0 Å². The summed E-state index contributed by atoms with van der Waals surface area (Å²) in [5, 5.41) is 8.63. The van der Waals surface area contributed by atoms with E-state index in [1.54, 1.807) is 0 Å².